The monoisotopic (exact) mass is 382 g/mol. The van der Waals surface area contributed by atoms with Gasteiger partial charge in [-0.3, -0.25) is 4.79 Å². The van der Waals surface area contributed by atoms with Crippen molar-refractivity contribution in [3.63, 3.8) is 0 Å². The van der Waals surface area contributed by atoms with Gasteiger partial charge in [-0.25, -0.2) is 4.99 Å². The number of hydrogen-bond donors (Lipinski definition) is 1. The standard InChI is InChI=1S/C22H26N2O2S/c1-15(25)14-27-17(3)24-22(19-8-12-21(26-5)13-9-19)16(2)18-6-10-20(23-4)11-7-18/h6-13,23H,14H2,1-5H3/b22-16+,24-17?. The Morgan fingerprint density at radius 3 is 2.11 bits per heavy atom. The number of ketones is 1. The van der Waals surface area contributed by atoms with Crippen LogP contribution in [0.1, 0.15) is 31.9 Å². The van der Waals surface area contributed by atoms with Gasteiger partial charge in [-0.1, -0.05) is 12.1 Å². The number of benzene rings is 2. The Kier molecular flexibility index (Phi) is 7.67. The van der Waals surface area contributed by atoms with E-state index in [4.69, 9.17) is 9.73 Å². The van der Waals surface area contributed by atoms with Crippen molar-refractivity contribution in [1.82, 2.24) is 0 Å². The van der Waals surface area contributed by atoms with Crippen LogP contribution < -0.4 is 10.1 Å². The van der Waals surface area contributed by atoms with Crippen molar-refractivity contribution in [2.75, 3.05) is 25.2 Å². The van der Waals surface area contributed by atoms with Gasteiger partial charge in [0, 0.05) is 18.3 Å². The highest BCUT2D eigenvalue weighted by molar-refractivity contribution is 8.14. The summed E-state index contributed by atoms with van der Waals surface area (Å²) in [5, 5.41) is 4.00. The second kappa shape index (κ2) is 9.97. The van der Waals surface area contributed by atoms with Gasteiger partial charge in [-0.05, 0) is 68.3 Å². The molecule has 4 nitrogen and oxygen atoms in total. The number of anilines is 1. The average Bonchev–Trinajstić information content (AvgIpc) is 2.70. The fourth-order valence-corrected chi connectivity index (χ4v) is 3.10. The van der Waals surface area contributed by atoms with Gasteiger partial charge in [-0.2, -0.15) is 0 Å². The molecule has 0 radical (unpaired) electrons. The number of methoxy groups -OCH3 is 1. The third-order valence-corrected chi connectivity index (χ3v) is 5.14. The molecule has 0 amide bonds. The van der Waals surface area contributed by atoms with E-state index in [0.29, 0.717) is 5.75 Å². The molecule has 2 rings (SSSR count). The van der Waals surface area contributed by atoms with Crippen LogP contribution in [-0.2, 0) is 4.79 Å². The number of aliphatic imine (C=N–C) groups is 1. The van der Waals surface area contributed by atoms with E-state index in [2.05, 4.69) is 24.4 Å². The molecule has 27 heavy (non-hydrogen) atoms. The molecule has 0 fully saturated rings. The van der Waals surface area contributed by atoms with Gasteiger partial charge in [0.15, 0.2) is 0 Å². The lowest BCUT2D eigenvalue weighted by atomic mass is 10.0. The van der Waals surface area contributed by atoms with Crippen molar-refractivity contribution in [1.29, 1.82) is 0 Å². The second-order valence-electron chi connectivity index (χ2n) is 6.15. The van der Waals surface area contributed by atoms with E-state index in [9.17, 15) is 4.79 Å². The summed E-state index contributed by atoms with van der Waals surface area (Å²) in [5.74, 6) is 1.38. The van der Waals surface area contributed by atoms with Crippen molar-refractivity contribution < 1.29 is 9.53 Å². The van der Waals surface area contributed by atoms with E-state index in [-0.39, 0.29) is 5.78 Å². The summed E-state index contributed by atoms with van der Waals surface area (Å²) in [5.41, 5.74) is 5.14. The Bertz CT molecular complexity index is 838. The van der Waals surface area contributed by atoms with Crippen LogP contribution in [0.2, 0.25) is 0 Å². The van der Waals surface area contributed by atoms with Gasteiger partial charge < -0.3 is 10.1 Å². The van der Waals surface area contributed by atoms with E-state index in [1.807, 2.05) is 50.4 Å². The molecule has 0 heterocycles. The fraction of sp³-hybridized carbons (Fsp3) is 0.273. The number of rotatable bonds is 7. The first-order valence-corrected chi connectivity index (χ1v) is 9.74. The number of thioether (sulfide) groups is 1. The molecule has 0 unspecified atom stereocenters. The van der Waals surface area contributed by atoms with Crippen LogP contribution in [0.4, 0.5) is 5.69 Å². The Hall–Kier alpha value is -2.53. The van der Waals surface area contributed by atoms with Crippen LogP contribution in [-0.4, -0.2) is 30.7 Å². The van der Waals surface area contributed by atoms with Crippen molar-refractivity contribution >= 4 is 39.5 Å². The minimum Gasteiger partial charge on any atom is -0.497 e. The molecule has 142 valence electrons. The predicted octanol–water partition coefficient (Wildman–Crippen LogP) is 5.37. The van der Waals surface area contributed by atoms with Crippen molar-refractivity contribution in [3.8, 4) is 5.75 Å². The van der Waals surface area contributed by atoms with Crippen LogP contribution in [0.25, 0.3) is 11.3 Å². The van der Waals surface area contributed by atoms with E-state index in [0.717, 1.165) is 38.9 Å². The number of nitrogens with zero attached hydrogens (tertiary/aromatic N) is 1. The zero-order chi connectivity index (χ0) is 19.8. The zero-order valence-electron chi connectivity index (χ0n) is 16.5. The lowest BCUT2D eigenvalue weighted by Gasteiger charge is -2.12. The van der Waals surface area contributed by atoms with Gasteiger partial charge in [0.25, 0.3) is 0 Å². The molecule has 0 aliphatic heterocycles. The average molecular weight is 383 g/mol. The summed E-state index contributed by atoms with van der Waals surface area (Å²) in [6, 6.07) is 16.1. The number of carbonyl (C=O) groups is 1. The number of hydrogen-bond acceptors (Lipinski definition) is 5. The number of nitrogens with one attached hydrogen (secondary N) is 1. The van der Waals surface area contributed by atoms with E-state index in [1.54, 1.807) is 14.0 Å². The maximum absolute atomic E-state index is 11.3. The molecular formula is C22H26N2O2S. The normalized spacial score (nSPS) is 12.4. The van der Waals surface area contributed by atoms with Gasteiger partial charge in [-0.15, -0.1) is 11.8 Å². The largest absolute Gasteiger partial charge is 0.497 e. The van der Waals surface area contributed by atoms with Gasteiger partial charge in [0.1, 0.15) is 11.5 Å². The summed E-state index contributed by atoms with van der Waals surface area (Å²) in [6.45, 7) is 5.60. The molecule has 2 aromatic carbocycles. The van der Waals surface area contributed by atoms with Gasteiger partial charge >= 0.3 is 0 Å². The Morgan fingerprint density at radius 1 is 1.00 bits per heavy atom. The van der Waals surface area contributed by atoms with Crippen molar-refractivity contribution in [3.05, 3.63) is 59.7 Å². The Labute approximate surface area is 165 Å². The minimum absolute atomic E-state index is 0.143. The van der Waals surface area contributed by atoms with Crippen LogP contribution in [0.5, 0.6) is 5.75 Å². The molecule has 5 heteroatoms. The first kappa shape index (κ1) is 20.8. The highest BCUT2D eigenvalue weighted by atomic mass is 32.2. The van der Waals surface area contributed by atoms with E-state index >= 15 is 0 Å². The fourth-order valence-electron chi connectivity index (χ4n) is 2.53. The molecule has 0 saturated carbocycles. The number of allylic oxidation sites excluding steroid dienone is 1. The summed E-state index contributed by atoms with van der Waals surface area (Å²) in [6.07, 6.45) is 0. The SMILES string of the molecule is CNc1ccc(/C(C)=C(/N=C(C)SCC(C)=O)c2ccc(OC)cc2)cc1. The minimum atomic E-state index is 0.143. The molecular weight excluding hydrogens is 356 g/mol. The van der Waals surface area contributed by atoms with E-state index < -0.39 is 0 Å². The van der Waals surface area contributed by atoms with Crippen LogP contribution >= 0.6 is 11.8 Å². The molecule has 0 atom stereocenters. The highest BCUT2D eigenvalue weighted by Gasteiger charge is 2.09. The molecule has 0 saturated heterocycles. The van der Waals surface area contributed by atoms with Gasteiger partial charge in [0.05, 0.1) is 23.6 Å². The zero-order valence-corrected chi connectivity index (χ0v) is 17.3. The maximum atomic E-state index is 11.3. The van der Waals surface area contributed by atoms with Crippen LogP contribution in [0.3, 0.4) is 0 Å². The summed E-state index contributed by atoms with van der Waals surface area (Å²) < 4.78 is 5.27. The third kappa shape index (κ3) is 6.00. The van der Waals surface area contributed by atoms with Crippen molar-refractivity contribution in [2.45, 2.75) is 20.8 Å². The maximum Gasteiger partial charge on any atom is 0.140 e. The smallest absolute Gasteiger partial charge is 0.140 e. The van der Waals surface area contributed by atoms with Crippen LogP contribution in [0.15, 0.2) is 53.5 Å². The highest BCUT2D eigenvalue weighted by Crippen LogP contribution is 2.30. The summed E-state index contributed by atoms with van der Waals surface area (Å²) in [7, 11) is 3.56. The Balaban J connectivity index is 2.48. The molecule has 0 aliphatic rings. The third-order valence-electron chi connectivity index (χ3n) is 4.08. The molecule has 2 aromatic rings. The van der Waals surface area contributed by atoms with Gasteiger partial charge in [0.2, 0.25) is 0 Å². The lowest BCUT2D eigenvalue weighted by Crippen LogP contribution is -1.98. The van der Waals surface area contributed by atoms with Crippen molar-refractivity contribution in [2.24, 2.45) is 4.99 Å². The lowest BCUT2D eigenvalue weighted by molar-refractivity contribution is -0.114. The first-order valence-electron chi connectivity index (χ1n) is 8.75. The number of ether oxygens (including phenoxy) is 1. The summed E-state index contributed by atoms with van der Waals surface area (Å²) in [4.78, 5) is 16.1. The Morgan fingerprint density at radius 2 is 1.59 bits per heavy atom. The molecule has 0 bridgehead atoms. The second-order valence-corrected chi connectivity index (χ2v) is 7.32. The first-order chi connectivity index (χ1) is 12.9. The topological polar surface area (TPSA) is 50.7 Å². The number of Topliss-reactive ketones (excluding diaryl/α,β-unsaturated/α-hetero) is 1. The molecule has 0 aromatic heterocycles. The molecule has 1 N–H and O–H groups in total. The molecule has 0 aliphatic carbocycles. The predicted molar refractivity (Wildman–Crippen MR) is 118 cm³/mol. The quantitative estimate of drug-likeness (QED) is 0.397. The molecule has 0 spiro atoms. The van der Waals surface area contributed by atoms with Crippen LogP contribution in [0, 0.1) is 0 Å². The summed E-state index contributed by atoms with van der Waals surface area (Å²) >= 11 is 1.47. The van der Waals surface area contributed by atoms with E-state index in [1.165, 1.54) is 11.8 Å². The number of carbonyl (C=O) groups excluding carboxylic acids is 1.